The minimum atomic E-state index is -0.171. The van der Waals surface area contributed by atoms with Gasteiger partial charge < -0.3 is 14.6 Å². The summed E-state index contributed by atoms with van der Waals surface area (Å²) in [5.41, 5.74) is 1.30. The zero-order valence-electron chi connectivity index (χ0n) is 11.6. The molecule has 0 amide bonds. The Labute approximate surface area is 109 Å². The molecule has 0 unspecified atom stereocenters. The van der Waals surface area contributed by atoms with Crippen LogP contribution in [-0.2, 0) is 9.47 Å². The highest BCUT2D eigenvalue weighted by Gasteiger charge is 2.68. The van der Waals surface area contributed by atoms with E-state index >= 15 is 0 Å². The van der Waals surface area contributed by atoms with Gasteiger partial charge in [-0.25, -0.2) is 0 Å². The maximum absolute atomic E-state index is 9.91. The molecule has 2 saturated heterocycles. The Bertz CT molecular complexity index is 368. The fourth-order valence-corrected chi connectivity index (χ4v) is 3.59. The second-order valence-electron chi connectivity index (χ2n) is 6.64. The van der Waals surface area contributed by atoms with Crippen LogP contribution in [0, 0.1) is 5.92 Å². The minimum Gasteiger partial charge on any atom is -0.393 e. The highest BCUT2D eigenvalue weighted by molar-refractivity contribution is 5.17. The Morgan fingerprint density at radius 1 is 1.44 bits per heavy atom. The predicted molar refractivity (Wildman–Crippen MR) is 69.4 cm³/mol. The largest absolute Gasteiger partial charge is 0.393 e. The van der Waals surface area contributed by atoms with Crippen molar-refractivity contribution in [3.63, 3.8) is 0 Å². The molecule has 1 aliphatic carbocycles. The summed E-state index contributed by atoms with van der Waals surface area (Å²) in [4.78, 5) is 0. The van der Waals surface area contributed by atoms with Crippen LogP contribution in [0.15, 0.2) is 11.6 Å². The maximum atomic E-state index is 9.91. The van der Waals surface area contributed by atoms with Crippen molar-refractivity contribution in [3.8, 4) is 0 Å². The quantitative estimate of drug-likeness (QED) is 0.620. The summed E-state index contributed by atoms with van der Waals surface area (Å²) in [6.07, 6.45) is 6.08. The molecule has 2 heterocycles. The molecule has 5 atom stereocenters. The number of rotatable bonds is 3. The van der Waals surface area contributed by atoms with Gasteiger partial charge in [-0.2, -0.15) is 0 Å². The highest BCUT2D eigenvalue weighted by atomic mass is 16.6. The Kier molecular flexibility index (Phi) is 2.85. The number of ether oxygens (including phenoxy) is 2. The lowest BCUT2D eigenvalue weighted by Crippen LogP contribution is -2.43. The van der Waals surface area contributed by atoms with Crippen LogP contribution in [0.2, 0.25) is 0 Å². The molecule has 3 heteroatoms. The summed E-state index contributed by atoms with van der Waals surface area (Å²) in [6, 6.07) is 0. The molecular formula is C15H24O3. The molecule has 2 aliphatic heterocycles. The molecular weight excluding hydrogens is 228 g/mol. The van der Waals surface area contributed by atoms with Gasteiger partial charge in [0.25, 0.3) is 0 Å². The summed E-state index contributed by atoms with van der Waals surface area (Å²) in [5.74, 6) is 0.365. The van der Waals surface area contributed by atoms with Crippen molar-refractivity contribution in [1.82, 2.24) is 0 Å². The van der Waals surface area contributed by atoms with Crippen molar-refractivity contribution < 1.29 is 14.6 Å². The number of hydrogen-bond donors (Lipinski definition) is 1. The van der Waals surface area contributed by atoms with Crippen LogP contribution in [-0.4, -0.2) is 35.1 Å². The smallest absolute Gasteiger partial charge is 0.0980 e. The van der Waals surface area contributed by atoms with Crippen molar-refractivity contribution in [3.05, 3.63) is 11.6 Å². The van der Waals surface area contributed by atoms with Crippen molar-refractivity contribution in [2.75, 3.05) is 6.61 Å². The third kappa shape index (κ3) is 2.02. The van der Waals surface area contributed by atoms with Gasteiger partial charge in [-0.15, -0.1) is 0 Å². The molecule has 1 saturated carbocycles. The minimum absolute atomic E-state index is 0.0354. The van der Waals surface area contributed by atoms with Gasteiger partial charge in [0.15, 0.2) is 0 Å². The van der Waals surface area contributed by atoms with E-state index < -0.39 is 0 Å². The summed E-state index contributed by atoms with van der Waals surface area (Å²) >= 11 is 0. The lowest BCUT2D eigenvalue weighted by Gasteiger charge is -2.35. The van der Waals surface area contributed by atoms with Crippen molar-refractivity contribution in [1.29, 1.82) is 0 Å². The first-order chi connectivity index (χ1) is 8.46. The average molecular weight is 252 g/mol. The van der Waals surface area contributed by atoms with Gasteiger partial charge in [0.05, 0.1) is 30.0 Å². The van der Waals surface area contributed by atoms with Crippen LogP contribution >= 0.6 is 0 Å². The number of aliphatic hydroxyl groups excluding tert-OH is 1. The second kappa shape index (κ2) is 4.06. The molecule has 3 rings (SSSR count). The van der Waals surface area contributed by atoms with Gasteiger partial charge in [-0.1, -0.05) is 11.6 Å². The fraction of sp³-hybridized carbons (Fsp3) is 0.867. The van der Waals surface area contributed by atoms with Crippen LogP contribution in [0.3, 0.4) is 0 Å². The van der Waals surface area contributed by atoms with Gasteiger partial charge in [0, 0.05) is 5.92 Å². The highest BCUT2D eigenvalue weighted by Crippen LogP contribution is 2.58. The number of hydrogen-bond acceptors (Lipinski definition) is 3. The first-order valence-electron chi connectivity index (χ1n) is 7.09. The van der Waals surface area contributed by atoms with Gasteiger partial charge >= 0.3 is 0 Å². The normalized spacial score (nSPS) is 50.1. The summed E-state index contributed by atoms with van der Waals surface area (Å²) in [6.45, 7) is 7.30. The van der Waals surface area contributed by atoms with Crippen LogP contribution < -0.4 is 0 Å². The monoisotopic (exact) mass is 252 g/mol. The maximum Gasteiger partial charge on any atom is 0.0980 e. The van der Waals surface area contributed by atoms with Crippen molar-refractivity contribution in [2.24, 2.45) is 5.92 Å². The molecule has 18 heavy (non-hydrogen) atoms. The molecule has 102 valence electrons. The number of aliphatic hydroxyl groups is 1. The zero-order chi connectivity index (χ0) is 13.0. The number of epoxide rings is 2. The standard InChI is InChI=1S/C15H24O3/c1-10(2)4-5-13-14(3,18-13)12-8-11(16)6-7-15(12)9-17-15/h4,11-13,16H,5-9H2,1-3H3/t11-,12+,13-,14+,15-/m0/s1. The van der Waals surface area contributed by atoms with Gasteiger partial charge in [0.2, 0.25) is 0 Å². The van der Waals surface area contributed by atoms with E-state index in [-0.39, 0.29) is 17.3 Å². The molecule has 0 bridgehead atoms. The number of allylic oxidation sites excluding steroid dienone is 1. The van der Waals surface area contributed by atoms with E-state index in [0.717, 1.165) is 32.3 Å². The second-order valence-corrected chi connectivity index (χ2v) is 6.64. The van der Waals surface area contributed by atoms with E-state index in [2.05, 4.69) is 26.8 Å². The summed E-state index contributed by atoms with van der Waals surface area (Å²) < 4.78 is 11.7. The SMILES string of the molecule is CC(C)=CC[C@@H]1O[C@]1(C)[C@H]1C[C@@H](O)CC[C@]12CO2. The van der Waals surface area contributed by atoms with E-state index in [1.165, 1.54) is 5.57 Å². The molecule has 1 N–H and O–H groups in total. The van der Waals surface area contributed by atoms with E-state index in [9.17, 15) is 5.11 Å². The molecule has 1 spiro atoms. The zero-order valence-corrected chi connectivity index (χ0v) is 11.6. The van der Waals surface area contributed by atoms with Crippen LogP contribution in [0.1, 0.15) is 46.5 Å². The average Bonchev–Trinajstić information content (AvgIpc) is 3.19. The van der Waals surface area contributed by atoms with E-state index in [0.29, 0.717) is 12.0 Å². The lowest BCUT2D eigenvalue weighted by molar-refractivity contribution is 0.0145. The van der Waals surface area contributed by atoms with Crippen LogP contribution in [0.25, 0.3) is 0 Å². The third-order valence-corrected chi connectivity index (χ3v) is 4.97. The van der Waals surface area contributed by atoms with Crippen molar-refractivity contribution >= 4 is 0 Å². The Morgan fingerprint density at radius 3 is 2.78 bits per heavy atom. The van der Waals surface area contributed by atoms with Gasteiger partial charge in [-0.05, 0) is 46.5 Å². The fourth-order valence-electron chi connectivity index (χ4n) is 3.59. The van der Waals surface area contributed by atoms with E-state index in [1.54, 1.807) is 0 Å². The van der Waals surface area contributed by atoms with Crippen LogP contribution in [0.4, 0.5) is 0 Å². The molecule has 0 aromatic rings. The Hall–Kier alpha value is -0.380. The first-order valence-corrected chi connectivity index (χ1v) is 7.09. The summed E-state index contributed by atoms with van der Waals surface area (Å²) in [7, 11) is 0. The third-order valence-electron chi connectivity index (χ3n) is 4.97. The van der Waals surface area contributed by atoms with Crippen molar-refractivity contribution in [2.45, 2.75) is 69.9 Å². The lowest BCUT2D eigenvalue weighted by atomic mass is 9.70. The van der Waals surface area contributed by atoms with Gasteiger partial charge in [0.1, 0.15) is 0 Å². The first kappa shape index (κ1) is 12.6. The summed E-state index contributed by atoms with van der Waals surface area (Å²) in [5, 5.41) is 9.91. The Morgan fingerprint density at radius 2 is 2.17 bits per heavy atom. The Balaban J connectivity index is 1.69. The van der Waals surface area contributed by atoms with Gasteiger partial charge in [-0.3, -0.25) is 0 Å². The predicted octanol–water partition coefficient (Wildman–Crippen LogP) is 2.43. The van der Waals surface area contributed by atoms with E-state index in [1.807, 2.05) is 0 Å². The molecule has 3 nitrogen and oxygen atoms in total. The van der Waals surface area contributed by atoms with E-state index in [4.69, 9.17) is 9.47 Å². The molecule has 3 fully saturated rings. The molecule has 0 aromatic heterocycles. The molecule has 0 aromatic carbocycles. The van der Waals surface area contributed by atoms with Crippen LogP contribution in [0.5, 0.6) is 0 Å². The topological polar surface area (TPSA) is 45.3 Å². The molecule has 0 radical (unpaired) electrons. The molecule has 3 aliphatic rings.